The third kappa shape index (κ3) is 5.27. The van der Waals surface area contributed by atoms with E-state index in [0.29, 0.717) is 18.1 Å². The zero-order chi connectivity index (χ0) is 19.9. The minimum atomic E-state index is -0.211. The quantitative estimate of drug-likeness (QED) is 0.527. The van der Waals surface area contributed by atoms with Crippen molar-refractivity contribution in [3.05, 3.63) is 94.8 Å². The van der Waals surface area contributed by atoms with Gasteiger partial charge in [-0.25, -0.2) is 4.99 Å². The molecule has 1 aromatic heterocycles. The Labute approximate surface area is 165 Å². The van der Waals surface area contributed by atoms with Gasteiger partial charge in [-0.15, -0.1) is 0 Å². The first-order valence-electron chi connectivity index (χ1n) is 9.18. The Morgan fingerprint density at radius 1 is 0.964 bits per heavy atom. The predicted molar refractivity (Wildman–Crippen MR) is 114 cm³/mol. The maximum Gasteiger partial charge on any atom is 0.257 e. The van der Waals surface area contributed by atoms with Crippen molar-refractivity contribution >= 4 is 17.6 Å². The highest BCUT2D eigenvalue weighted by Gasteiger charge is 2.10. The highest BCUT2D eigenvalue weighted by atomic mass is 16.1. The fraction of sp³-hybridized carbons (Fsp3) is 0.174. The van der Waals surface area contributed by atoms with Crippen LogP contribution in [0.25, 0.3) is 0 Å². The number of aliphatic imine (C=N–C) groups is 1. The molecule has 0 aliphatic rings. The molecule has 0 radical (unpaired) electrons. The number of carbonyl (C=O) groups is 1. The van der Waals surface area contributed by atoms with Crippen LogP contribution in [-0.4, -0.2) is 16.9 Å². The number of guanidine groups is 1. The molecular formula is C23H24N4O. The highest BCUT2D eigenvalue weighted by Crippen LogP contribution is 2.16. The lowest BCUT2D eigenvalue weighted by Crippen LogP contribution is -2.36. The number of aromatic nitrogens is 1. The van der Waals surface area contributed by atoms with Crippen molar-refractivity contribution < 1.29 is 4.79 Å². The summed E-state index contributed by atoms with van der Waals surface area (Å²) < 4.78 is 0. The summed E-state index contributed by atoms with van der Waals surface area (Å²) in [6.07, 6.45) is 1.73. The van der Waals surface area contributed by atoms with Gasteiger partial charge in [-0.3, -0.25) is 15.1 Å². The normalized spacial score (nSPS) is 11.2. The second-order valence-corrected chi connectivity index (χ2v) is 6.75. The first-order chi connectivity index (χ1) is 13.5. The number of hydrogen-bond donors (Lipinski definition) is 2. The topological polar surface area (TPSA) is 66.4 Å². The maximum absolute atomic E-state index is 12.7. The molecule has 0 saturated carbocycles. The van der Waals surface area contributed by atoms with Crippen LogP contribution in [0, 0.1) is 20.8 Å². The number of aryl methyl sites for hydroxylation is 3. The van der Waals surface area contributed by atoms with Gasteiger partial charge in [-0.1, -0.05) is 35.9 Å². The Hall–Kier alpha value is -3.47. The van der Waals surface area contributed by atoms with Gasteiger partial charge in [0, 0.05) is 17.4 Å². The van der Waals surface area contributed by atoms with Gasteiger partial charge >= 0.3 is 0 Å². The number of carbonyl (C=O) groups excluding carboxylic acids is 1. The molecule has 0 saturated heterocycles. The first-order valence-corrected chi connectivity index (χ1v) is 9.18. The van der Waals surface area contributed by atoms with E-state index in [2.05, 4.69) is 26.7 Å². The number of hydrogen-bond acceptors (Lipinski definition) is 3. The molecule has 2 aromatic carbocycles. The lowest BCUT2D eigenvalue weighted by molar-refractivity contribution is 0.0977. The number of benzene rings is 2. The van der Waals surface area contributed by atoms with Crippen LogP contribution in [0.1, 0.15) is 32.7 Å². The largest absolute Gasteiger partial charge is 0.326 e. The first kappa shape index (κ1) is 19.3. The van der Waals surface area contributed by atoms with Crippen molar-refractivity contribution in [1.29, 1.82) is 0 Å². The summed E-state index contributed by atoms with van der Waals surface area (Å²) in [7, 11) is 0. The summed E-state index contributed by atoms with van der Waals surface area (Å²) in [5, 5.41) is 6.15. The van der Waals surface area contributed by atoms with Gasteiger partial charge in [-0.2, -0.15) is 0 Å². The summed E-state index contributed by atoms with van der Waals surface area (Å²) in [5.41, 5.74) is 5.62. The number of pyridine rings is 1. The van der Waals surface area contributed by atoms with E-state index in [1.807, 2.05) is 63.2 Å². The van der Waals surface area contributed by atoms with Gasteiger partial charge in [0.1, 0.15) is 0 Å². The van der Waals surface area contributed by atoms with Crippen LogP contribution in [0.3, 0.4) is 0 Å². The van der Waals surface area contributed by atoms with Crippen molar-refractivity contribution in [2.45, 2.75) is 27.3 Å². The van der Waals surface area contributed by atoms with Crippen LogP contribution >= 0.6 is 0 Å². The van der Waals surface area contributed by atoms with Crippen molar-refractivity contribution in [1.82, 2.24) is 10.3 Å². The lowest BCUT2D eigenvalue weighted by atomic mass is 10.1. The summed E-state index contributed by atoms with van der Waals surface area (Å²) in [4.78, 5) is 21.5. The van der Waals surface area contributed by atoms with Gasteiger partial charge in [0.15, 0.2) is 0 Å². The molecule has 0 atom stereocenters. The number of anilines is 1. The lowest BCUT2D eigenvalue weighted by Gasteiger charge is -2.14. The van der Waals surface area contributed by atoms with Crippen molar-refractivity contribution in [3.8, 4) is 0 Å². The SMILES string of the molecule is Cc1ccc(C(=O)NC(=NCc2ccccn2)Nc2cc(C)ccc2C)cc1. The van der Waals surface area contributed by atoms with Gasteiger partial charge in [-0.05, 0) is 62.2 Å². The number of nitrogens with zero attached hydrogens (tertiary/aromatic N) is 2. The molecule has 5 heteroatoms. The Morgan fingerprint density at radius 3 is 2.43 bits per heavy atom. The molecule has 2 N–H and O–H groups in total. The van der Waals surface area contributed by atoms with E-state index in [9.17, 15) is 4.79 Å². The Balaban J connectivity index is 1.83. The molecule has 5 nitrogen and oxygen atoms in total. The average Bonchev–Trinajstić information content (AvgIpc) is 2.70. The molecule has 0 aliphatic carbocycles. The Morgan fingerprint density at radius 2 is 1.71 bits per heavy atom. The molecule has 0 bridgehead atoms. The fourth-order valence-electron chi connectivity index (χ4n) is 2.64. The molecule has 1 amide bonds. The summed E-state index contributed by atoms with van der Waals surface area (Å²) in [6, 6.07) is 19.2. The van der Waals surface area contributed by atoms with Crippen molar-refractivity contribution in [2.75, 3.05) is 5.32 Å². The van der Waals surface area contributed by atoms with E-state index in [1.165, 1.54) is 0 Å². The van der Waals surface area contributed by atoms with Crippen LogP contribution in [0.15, 0.2) is 71.9 Å². The van der Waals surface area contributed by atoms with Crippen molar-refractivity contribution in [2.24, 2.45) is 4.99 Å². The van der Waals surface area contributed by atoms with E-state index < -0.39 is 0 Å². The van der Waals surface area contributed by atoms with Crippen LogP contribution in [0.2, 0.25) is 0 Å². The average molecular weight is 372 g/mol. The molecule has 142 valence electrons. The standard InChI is InChI=1S/C23H24N4O/c1-16-8-11-19(12-9-16)22(28)27-23(25-15-20-6-4-5-13-24-20)26-21-14-17(2)7-10-18(21)3/h4-14H,15H2,1-3H3,(H2,25,26,27,28). The van der Waals surface area contributed by atoms with E-state index in [0.717, 1.165) is 28.1 Å². The van der Waals surface area contributed by atoms with E-state index in [1.54, 1.807) is 18.3 Å². The third-order valence-corrected chi connectivity index (χ3v) is 4.32. The maximum atomic E-state index is 12.7. The highest BCUT2D eigenvalue weighted by molar-refractivity contribution is 6.10. The van der Waals surface area contributed by atoms with E-state index in [4.69, 9.17) is 0 Å². The van der Waals surface area contributed by atoms with Gasteiger partial charge < -0.3 is 5.32 Å². The smallest absolute Gasteiger partial charge is 0.257 e. The monoisotopic (exact) mass is 372 g/mol. The molecular weight excluding hydrogens is 348 g/mol. The molecule has 0 fully saturated rings. The Kier molecular flexibility index (Phi) is 6.17. The molecule has 28 heavy (non-hydrogen) atoms. The second kappa shape index (κ2) is 8.95. The van der Waals surface area contributed by atoms with Gasteiger partial charge in [0.25, 0.3) is 5.91 Å². The van der Waals surface area contributed by atoms with Crippen LogP contribution in [-0.2, 0) is 6.54 Å². The summed E-state index contributed by atoms with van der Waals surface area (Å²) >= 11 is 0. The molecule has 0 aliphatic heterocycles. The van der Waals surface area contributed by atoms with E-state index >= 15 is 0 Å². The van der Waals surface area contributed by atoms with E-state index in [-0.39, 0.29) is 5.91 Å². The summed E-state index contributed by atoms with van der Waals surface area (Å²) in [5.74, 6) is 0.183. The number of amides is 1. The summed E-state index contributed by atoms with van der Waals surface area (Å²) in [6.45, 7) is 6.39. The van der Waals surface area contributed by atoms with Gasteiger partial charge in [0.05, 0.1) is 12.2 Å². The van der Waals surface area contributed by atoms with Crippen LogP contribution < -0.4 is 10.6 Å². The third-order valence-electron chi connectivity index (χ3n) is 4.32. The molecule has 3 rings (SSSR count). The zero-order valence-corrected chi connectivity index (χ0v) is 16.4. The predicted octanol–water partition coefficient (Wildman–Crippen LogP) is 4.40. The van der Waals surface area contributed by atoms with Gasteiger partial charge in [0.2, 0.25) is 5.96 Å². The fourth-order valence-corrected chi connectivity index (χ4v) is 2.64. The number of rotatable bonds is 4. The van der Waals surface area contributed by atoms with Crippen molar-refractivity contribution in [3.63, 3.8) is 0 Å². The molecule has 3 aromatic rings. The number of nitrogens with one attached hydrogen (secondary N) is 2. The molecule has 1 heterocycles. The zero-order valence-electron chi connectivity index (χ0n) is 16.4. The minimum Gasteiger partial charge on any atom is -0.326 e. The molecule has 0 unspecified atom stereocenters. The Bertz CT molecular complexity index is 979. The van der Waals surface area contributed by atoms with Crippen LogP contribution in [0.5, 0.6) is 0 Å². The molecule has 0 spiro atoms. The minimum absolute atomic E-state index is 0.211. The second-order valence-electron chi connectivity index (χ2n) is 6.75. The van der Waals surface area contributed by atoms with Crippen LogP contribution in [0.4, 0.5) is 5.69 Å².